The van der Waals surface area contributed by atoms with Crippen LogP contribution in [0.25, 0.3) is 12.2 Å². The number of aromatic amines is 1. The van der Waals surface area contributed by atoms with E-state index < -0.39 is 0 Å². The van der Waals surface area contributed by atoms with Gasteiger partial charge in [0.2, 0.25) is 5.78 Å². The molecule has 0 saturated heterocycles. The van der Waals surface area contributed by atoms with Gasteiger partial charge in [-0.05, 0) is 74.4 Å². The van der Waals surface area contributed by atoms with E-state index >= 15 is 0 Å². The number of hydrogen-bond acceptors (Lipinski definition) is 5. The van der Waals surface area contributed by atoms with Gasteiger partial charge in [-0.1, -0.05) is 6.07 Å². The molecule has 1 N–H and O–H groups in total. The lowest BCUT2D eigenvalue weighted by Gasteiger charge is -2.32. The van der Waals surface area contributed by atoms with Crippen LogP contribution in [0.3, 0.4) is 0 Å². The molecule has 35 heavy (non-hydrogen) atoms. The van der Waals surface area contributed by atoms with E-state index in [2.05, 4.69) is 23.2 Å². The number of ether oxygens (including phenoxy) is 4. The van der Waals surface area contributed by atoms with Crippen LogP contribution in [0.5, 0.6) is 23.0 Å². The largest absolute Gasteiger partial charge is 0.496 e. The number of aromatic nitrogens is 1. The molecule has 0 amide bonds. The molecule has 0 radical (unpaired) electrons. The number of benzene rings is 2. The van der Waals surface area contributed by atoms with Gasteiger partial charge in [-0.2, -0.15) is 0 Å². The Morgan fingerprint density at radius 3 is 2.71 bits per heavy atom. The Hall–Kier alpha value is -3.93. The van der Waals surface area contributed by atoms with Crippen LogP contribution in [-0.4, -0.2) is 37.2 Å². The topological polar surface area (TPSA) is 69.8 Å². The third-order valence-electron chi connectivity index (χ3n) is 6.46. The molecule has 0 aliphatic carbocycles. The monoisotopic (exact) mass is 471 g/mol. The van der Waals surface area contributed by atoms with Crippen molar-refractivity contribution in [2.45, 2.75) is 31.8 Å². The van der Waals surface area contributed by atoms with Gasteiger partial charge in [-0.3, -0.25) is 4.79 Å². The Morgan fingerprint density at radius 1 is 1.14 bits per heavy atom. The van der Waals surface area contributed by atoms with E-state index in [1.807, 2.05) is 32.0 Å². The van der Waals surface area contributed by atoms with Crippen molar-refractivity contribution in [2.24, 2.45) is 0 Å². The number of fused-ring (bicyclic) bond motifs is 3. The number of nitrogens with one attached hydrogen (secondary N) is 1. The van der Waals surface area contributed by atoms with E-state index in [0.717, 1.165) is 45.9 Å². The molecule has 180 valence electrons. The first-order valence-corrected chi connectivity index (χ1v) is 11.7. The fourth-order valence-electron chi connectivity index (χ4n) is 4.65. The first-order valence-electron chi connectivity index (χ1n) is 11.7. The highest BCUT2D eigenvalue weighted by Gasteiger charge is 2.30. The molecular weight excluding hydrogens is 442 g/mol. The Bertz CT molecular complexity index is 1320. The molecule has 3 aromatic rings. The third kappa shape index (κ3) is 4.44. The quantitative estimate of drug-likeness (QED) is 0.362. The summed E-state index contributed by atoms with van der Waals surface area (Å²) in [7, 11) is 3.26. The Morgan fingerprint density at radius 2 is 1.97 bits per heavy atom. The number of allylic oxidation sites excluding steroid dienone is 1. The maximum atomic E-state index is 12.5. The van der Waals surface area contributed by atoms with E-state index in [9.17, 15) is 4.79 Å². The highest BCUT2D eigenvalue weighted by molar-refractivity contribution is 6.05. The van der Waals surface area contributed by atoms with Gasteiger partial charge in [0.1, 0.15) is 28.6 Å². The Labute approximate surface area is 205 Å². The molecule has 5 rings (SSSR count). The first-order chi connectivity index (χ1) is 16.9. The number of rotatable bonds is 6. The summed E-state index contributed by atoms with van der Waals surface area (Å²) in [5.41, 5.74) is 4.14. The van der Waals surface area contributed by atoms with Crippen LogP contribution in [0.2, 0.25) is 0 Å². The molecule has 3 heterocycles. The lowest BCUT2D eigenvalue weighted by Crippen LogP contribution is -2.28. The van der Waals surface area contributed by atoms with Gasteiger partial charge in [0, 0.05) is 29.3 Å². The molecule has 0 saturated carbocycles. The average molecular weight is 472 g/mol. The number of H-pyrrole nitrogens is 1. The standard InChI is InChI=1S/C29H29NO5/c1-29(2)12-11-21-25(35-29)10-8-19-14-20(17-34-28(19)21)22-15-18(26(32-3)16-27(22)33-4)7-9-24(31)23-6-5-13-30-23/h5-13,15-16,20,30H,14,17H2,1-4H3/b9-7+/t20-/m0/s1. The predicted molar refractivity (Wildman–Crippen MR) is 136 cm³/mol. The van der Waals surface area contributed by atoms with Crippen LogP contribution in [0.15, 0.2) is 54.7 Å². The summed E-state index contributed by atoms with van der Waals surface area (Å²) < 4.78 is 23.7. The van der Waals surface area contributed by atoms with Crippen molar-refractivity contribution in [1.82, 2.24) is 4.98 Å². The molecular formula is C29H29NO5. The summed E-state index contributed by atoms with van der Waals surface area (Å²) in [5, 5.41) is 0. The van der Waals surface area contributed by atoms with Crippen LogP contribution < -0.4 is 18.9 Å². The zero-order valence-electron chi connectivity index (χ0n) is 20.4. The molecule has 0 spiro atoms. The van der Waals surface area contributed by atoms with E-state index in [1.54, 1.807) is 44.7 Å². The van der Waals surface area contributed by atoms with Crippen LogP contribution in [-0.2, 0) is 6.42 Å². The van der Waals surface area contributed by atoms with Gasteiger partial charge in [0.15, 0.2) is 0 Å². The fourth-order valence-corrected chi connectivity index (χ4v) is 4.65. The summed E-state index contributed by atoms with van der Waals surface area (Å²) in [4.78, 5) is 15.4. The molecule has 1 aromatic heterocycles. The van der Waals surface area contributed by atoms with Gasteiger partial charge in [-0.25, -0.2) is 0 Å². The lowest BCUT2D eigenvalue weighted by atomic mass is 9.87. The molecule has 2 aromatic carbocycles. The normalized spacial score (nSPS) is 17.8. The van der Waals surface area contributed by atoms with Crippen molar-refractivity contribution in [3.63, 3.8) is 0 Å². The summed E-state index contributed by atoms with van der Waals surface area (Å²) in [5.74, 6) is 3.07. The highest BCUT2D eigenvalue weighted by atomic mass is 16.5. The summed E-state index contributed by atoms with van der Waals surface area (Å²) in [6, 6.07) is 11.6. The van der Waals surface area contributed by atoms with Gasteiger partial charge < -0.3 is 23.9 Å². The third-order valence-corrected chi connectivity index (χ3v) is 6.46. The summed E-state index contributed by atoms with van der Waals surface area (Å²) in [6.07, 6.45) is 10.0. The molecule has 0 bridgehead atoms. The van der Waals surface area contributed by atoms with Crippen molar-refractivity contribution < 1.29 is 23.7 Å². The van der Waals surface area contributed by atoms with Crippen molar-refractivity contribution in [1.29, 1.82) is 0 Å². The number of carbonyl (C=O) groups is 1. The minimum atomic E-state index is -0.332. The van der Waals surface area contributed by atoms with Crippen molar-refractivity contribution in [2.75, 3.05) is 20.8 Å². The average Bonchev–Trinajstić information content (AvgIpc) is 3.41. The molecule has 6 nitrogen and oxygen atoms in total. The summed E-state index contributed by atoms with van der Waals surface area (Å²) >= 11 is 0. The smallest absolute Gasteiger partial charge is 0.201 e. The SMILES string of the molecule is COc1cc(OC)c([C@@H]2COc3c(ccc4c3C=CC(C)(C)O4)C2)cc1/C=C/C(=O)c1ccc[nH]1. The lowest BCUT2D eigenvalue weighted by molar-refractivity contribution is 0.104. The van der Waals surface area contributed by atoms with Crippen molar-refractivity contribution in [3.8, 4) is 23.0 Å². The van der Waals surface area contributed by atoms with Crippen LogP contribution in [0.4, 0.5) is 0 Å². The maximum Gasteiger partial charge on any atom is 0.201 e. The molecule has 0 unspecified atom stereocenters. The Balaban J connectivity index is 1.46. The maximum absolute atomic E-state index is 12.5. The molecule has 1 atom stereocenters. The Kier molecular flexibility index (Phi) is 5.89. The zero-order valence-corrected chi connectivity index (χ0v) is 20.4. The van der Waals surface area contributed by atoms with Gasteiger partial charge >= 0.3 is 0 Å². The van der Waals surface area contributed by atoms with Crippen LogP contribution in [0.1, 0.15) is 52.5 Å². The molecule has 2 aliphatic rings. The second-order valence-corrected chi connectivity index (χ2v) is 9.33. The second-order valence-electron chi connectivity index (χ2n) is 9.33. The molecule has 2 aliphatic heterocycles. The zero-order chi connectivity index (χ0) is 24.6. The number of hydrogen-bond donors (Lipinski definition) is 1. The second kappa shape index (κ2) is 9.02. The van der Waals surface area contributed by atoms with Gasteiger partial charge in [0.05, 0.1) is 32.1 Å². The number of ketones is 1. The van der Waals surface area contributed by atoms with Gasteiger partial charge in [-0.15, -0.1) is 0 Å². The van der Waals surface area contributed by atoms with Crippen molar-refractivity contribution in [3.05, 3.63) is 82.7 Å². The van der Waals surface area contributed by atoms with Crippen LogP contribution >= 0.6 is 0 Å². The van der Waals surface area contributed by atoms with Crippen molar-refractivity contribution >= 4 is 17.9 Å². The van der Waals surface area contributed by atoms with E-state index in [4.69, 9.17) is 18.9 Å². The van der Waals surface area contributed by atoms with E-state index in [0.29, 0.717) is 18.1 Å². The predicted octanol–water partition coefficient (Wildman–Crippen LogP) is 5.83. The summed E-state index contributed by atoms with van der Waals surface area (Å²) in [6.45, 7) is 4.58. The minimum Gasteiger partial charge on any atom is -0.496 e. The first kappa shape index (κ1) is 22.8. The number of methoxy groups -OCH3 is 2. The fraction of sp³-hybridized carbons (Fsp3) is 0.276. The molecule has 0 fully saturated rings. The highest BCUT2D eigenvalue weighted by Crippen LogP contribution is 2.45. The van der Waals surface area contributed by atoms with E-state index in [-0.39, 0.29) is 17.3 Å². The number of carbonyl (C=O) groups excluding carboxylic acids is 1. The molecule has 6 heteroatoms. The van der Waals surface area contributed by atoms with Gasteiger partial charge in [0.25, 0.3) is 0 Å². The van der Waals surface area contributed by atoms with Crippen LogP contribution in [0, 0.1) is 0 Å². The van der Waals surface area contributed by atoms with E-state index in [1.165, 1.54) is 0 Å². The minimum absolute atomic E-state index is 0.0811.